The van der Waals surface area contributed by atoms with E-state index in [1.54, 1.807) is 0 Å². The molecule has 0 saturated carbocycles. The zero-order valence-electron chi connectivity index (χ0n) is 11.0. The first-order valence-electron chi connectivity index (χ1n) is 6.87. The maximum atomic E-state index is 5.48. The third-order valence-corrected chi connectivity index (χ3v) is 3.54. The predicted molar refractivity (Wildman–Crippen MR) is 78.2 cm³/mol. The number of rotatable bonds is 3. The van der Waals surface area contributed by atoms with E-state index in [1.165, 1.54) is 16.7 Å². The van der Waals surface area contributed by atoms with Crippen LogP contribution in [0.2, 0.25) is 0 Å². The number of nitrogens with one attached hydrogen (secondary N) is 1. The molecular formula is C17H19NO. The van der Waals surface area contributed by atoms with Gasteiger partial charge < -0.3 is 10.1 Å². The van der Waals surface area contributed by atoms with Crippen LogP contribution >= 0.6 is 0 Å². The number of hydrogen-bond donors (Lipinski definition) is 1. The van der Waals surface area contributed by atoms with E-state index in [9.17, 15) is 0 Å². The minimum absolute atomic E-state index is 0.455. The van der Waals surface area contributed by atoms with Crippen molar-refractivity contribution >= 4 is 0 Å². The second-order valence-corrected chi connectivity index (χ2v) is 4.99. The molecule has 2 aromatic rings. The molecule has 0 aromatic heterocycles. The molecule has 3 rings (SSSR count). The zero-order chi connectivity index (χ0) is 12.9. The third kappa shape index (κ3) is 3.22. The molecule has 0 aliphatic carbocycles. The molecule has 1 aliphatic heterocycles. The molecule has 0 amide bonds. The van der Waals surface area contributed by atoms with Gasteiger partial charge in [0.2, 0.25) is 0 Å². The molecular weight excluding hydrogens is 234 g/mol. The fraction of sp³-hybridized carbons (Fsp3) is 0.294. The molecule has 1 saturated heterocycles. The van der Waals surface area contributed by atoms with Gasteiger partial charge in [0, 0.05) is 12.6 Å². The molecule has 1 N–H and O–H groups in total. The Bertz CT molecular complexity index is 501. The summed E-state index contributed by atoms with van der Waals surface area (Å²) in [5, 5.41) is 3.49. The van der Waals surface area contributed by atoms with Gasteiger partial charge in [0.15, 0.2) is 0 Å². The maximum absolute atomic E-state index is 5.48. The van der Waals surface area contributed by atoms with Gasteiger partial charge >= 0.3 is 0 Å². The molecule has 2 aromatic carbocycles. The molecule has 2 heteroatoms. The Balaban J connectivity index is 1.68. The molecule has 1 fully saturated rings. The van der Waals surface area contributed by atoms with Gasteiger partial charge in [-0.3, -0.25) is 0 Å². The molecule has 1 aliphatic rings. The first kappa shape index (κ1) is 12.4. The minimum atomic E-state index is 0.455. The van der Waals surface area contributed by atoms with E-state index in [1.807, 2.05) is 6.07 Å². The Morgan fingerprint density at radius 1 is 0.947 bits per heavy atom. The van der Waals surface area contributed by atoms with Crippen molar-refractivity contribution in [3.63, 3.8) is 0 Å². The van der Waals surface area contributed by atoms with Crippen LogP contribution in [0.3, 0.4) is 0 Å². The Hall–Kier alpha value is -1.64. The molecule has 1 unspecified atom stereocenters. The summed E-state index contributed by atoms with van der Waals surface area (Å²) in [7, 11) is 0. The zero-order valence-corrected chi connectivity index (χ0v) is 11.0. The lowest BCUT2D eigenvalue weighted by Gasteiger charge is -2.23. The standard InChI is InChI=1S/C17H19NO/c1-2-4-15(5-3-1)16-8-6-14(7-9-16)12-17-13-19-11-10-18-17/h1-9,17-18H,10-13H2. The molecule has 0 radical (unpaired) electrons. The van der Waals surface area contributed by atoms with Crippen molar-refractivity contribution in [3.8, 4) is 11.1 Å². The Morgan fingerprint density at radius 3 is 2.37 bits per heavy atom. The van der Waals surface area contributed by atoms with Crippen LogP contribution in [-0.2, 0) is 11.2 Å². The molecule has 1 heterocycles. The van der Waals surface area contributed by atoms with Gasteiger partial charge in [-0.25, -0.2) is 0 Å². The summed E-state index contributed by atoms with van der Waals surface area (Å²) in [4.78, 5) is 0. The fourth-order valence-corrected chi connectivity index (χ4v) is 2.50. The molecule has 19 heavy (non-hydrogen) atoms. The van der Waals surface area contributed by atoms with E-state index >= 15 is 0 Å². The quantitative estimate of drug-likeness (QED) is 0.908. The highest BCUT2D eigenvalue weighted by Crippen LogP contribution is 2.19. The average molecular weight is 253 g/mol. The van der Waals surface area contributed by atoms with Gasteiger partial charge in [0.05, 0.1) is 13.2 Å². The summed E-state index contributed by atoms with van der Waals surface area (Å²) < 4.78 is 5.48. The monoisotopic (exact) mass is 253 g/mol. The lowest BCUT2D eigenvalue weighted by molar-refractivity contribution is 0.0770. The Kier molecular flexibility index (Phi) is 3.92. The highest BCUT2D eigenvalue weighted by molar-refractivity contribution is 5.63. The van der Waals surface area contributed by atoms with Gasteiger partial charge in [-0.2, -0.15) is 0 Å². The Morgan fingerprint density at radius 2 is 1.68 bits per heavy atom. The van der Waals surface area contributed by atoms with Gasteiger partial charge in [-0.05, 0) is 23.1 Å². The van der Waals surface area contributed by atoms with Crippen LogP contribution in [0.25, 0.3) is 11.1 Å². The van der Waals surface area contributed by atoms with E-state index in [0.29, 0.717) is 6.04 Å². The third-order valence-electron chi connectivity index (χ3n) is 3.54. The van der Waals surface area contributed by atoms with Crippen molar-refractivity contribution in [2.24, 2.45) is 0 Å². The van der Waals surface area contributed by atoms with Gasteiger partial charge in [0.25, 0.3) is 0 Å². The summed E-state index contributed by atoms with van der Waals surface area (Å²) in [6.45, 7) is 2.62. The van der Waals surface area contributed by atoms with Crippen LogP contribution in [0, 0.1) is 0 Å². The fourth-order valence-electron chi connectivity index (χ4n) is 2.50. The van der Waals surface area contributed by atoms with Gasteiger partial charge in [-0.15, -0.1) is 0 Å². The lowest BCUT2D eigenvalue weighted by Crippen LogP contribution is -2.42. The maximum Gasteiger partial charge on any atom is 0.0623 e. The average Bonchev–Trinajstić information content (AvgIpc) is 2.50. The van der Waals surface area contributed by atoms with E-state index in [0.717, 1.165) is 26.2 Å². The second kappa shape index (κ2) is 6.00. The summed E-state index contributed by atoms with van der Waals surface area (Å²) in [5.74, 6) is 0. The topological polar surface area (TPSA) is 21.3 Å². The molecule has 0 spiro atoms. The van der Waals surface area contributed by atoms with Crippen molar-refractivity contribution < 1.29 is 4.74 Å². The largest absolute Gasteiger partial charge is 0.379 e. The summed E-state index contributed by atoms with van der Waals surface area (Å²) >= 11 is 0. The SMILES string of the molecule is c1ccc(-c2ccc(CC3COCCN3)cc2)cc1. The lowest BCUT2D eigenvalue weighted by atomic mass is 10.0. The van der Waals surface area contributed by atoms with Crippen molar-refractivity contribution in [2.75, 3.05) is 19.8 Å². The first-order chi connectivity index (χ1) is 9.42. The highest BCUT2D eigenvalue weighted by atomic mass is 16.5. The van der Waals surface area contributed by atoms with Gasteiger partial charge in [0.1, 0.15) is 0 Å². The smallest absolute Gasteiger partial charge is 0.0623 e. The van der Waals surface area contributed by atoms with E-state index in [-0.39, 0.29) is 0 Å². The number of benzene rings is 2. The normalized spacial score (nSPS) is 19.3. The number of ether oxygens (including phenoxy) is 1. The van der Waals surface area contributed by atoms with Crippen molar-refractivity contribution in [1.82, 2.24) is 5.32 Å². The van der Waals surface area contributed by atoms with Crippen LogP contribution in [0.5, 0.6) is 0 Å². The highest BCUT2D eigenvalue weighted by Gasteiger charge is 2.13. The van der Waals surface area contributed by atoms with Crippen LogP contribution < -0.4 is 5.32 Å². The second-order valence-electron chi connectivity index (χ2n) is 4.99. The number of morpholine rings is 1. The molecule has 98 valence electrons. The van der Waals surface area contributed by atoms with Crippen LogP contribution in [0.15, 0.2) is 54.6 Å². The van der Waals surface area contributed by atoms with Crippen LogP contribution in [0.4, 0.5) is 0 Å². The molecule has 0 bridgehead atoms. The van der Waals surface area contributed by atoms with E-state index < -0.39 is 0 Å². The summed E-state index contributed by atoms with van der Waals surface area (Å²) in [6, 6.07) is 19.8. The first-order valence-corrected chi connectivity index (χ1v) is 6.87. The minimum Gasteiger partial charge on any atom is -0.379 e. The summed E-state index contributed by atoms with van der Waals surface area (Å²) in [5.41, 5.74) is 3.91. The molecule has 2 nitrogen and oxygen atoms in total. The van der Waals surface area contributed by atoms with Crippen molar-refractivity contribution in [3.05, 3.63) is 60.2 Å². The van der Waals surface area contributed by atoms with Gasteiger partial charge in [-0.1, -0.05) is 54.6 Å². The molecule has 1 atom stereocenters. The number of hydrogen-bond acceptors (Lipinski definition) is 2. The van der Waals surface area contributed by atoms with Crippen LogP contribution in [0.1, 0.15) is 5.56 Å². The van der Waals surface area contributed by atoms with Crippen molar-refractivity contribution in [1.29, 1.82) is 0 Å². The van der Waals surface area contributed by atoms with E-state index in [4.69, 9.17) is 4.74 Å². The Labute approximate surface area is 114 Å². The summed E-state index contributed by atoms with van der Waals surface area (Å²) in [6.07, 6.45) is 1.04. The predicted octanol–water partition coefficient (Wildman–Crippen LogP) is 2.88. The van der Waals surface area contributed by atoms with Crippen molar-refractivity contribution in [2.45, 2.75) is 12.5 Å². The van der Waals surface area contributed by atoms with E-state index in [2.05, 4.69) is 53.8 Å². The van der Waals surface area contributed by atoms with Crippen LogP contribution in [-0.4, -0.2) is 25.8 Å².